The maximum absolute atomic E-state index is 12.8. The van der Waals surface area contributed by atoms with Gasteiger partial charge in [-0.1, -0.05) is 18.2 Å². The van der Waals surface area contributed by atoms with Crippen LogP contribution >= 0.6 is 0 Å². The zero-order valence-electron chi connectivity index (χ0n) is 34.7. The number of ether oxygens (including phenoxy) is 9. The molecule has 16 unspecified atom stereocenters. The predicted molar refractivity (Wildman–Crippen MR) is 217 cm³/mol. The van der Waals surface area contributed by atoms with Gasteiger partial charge in [0.05, 0.1) is 25.9 Å². The number of hydrogen-bond acceptors (Lipinski definition) is 23. The Morgan fingerprint density at radius 2 is 1.27 bits per heavy atom. The van der Waals surface area contributed by atoms with Crippen LogP contribution in [0.3, 0.4) is 0 Å². The van der Waals surface area contributed by atoms with Crippen LogP contribution in [0.4, 0.5) is 0 Å². The Hall–Kier alpha value is -5.35. The average molecular weight is 935 g/mol. The fourth-order valence-corrected chi connectivity index (χ4v) is 7.52. The topological polar surface area (TPSA) is 363 Å². The van der Waals surface area contributed by atoms with Gasteiger partial charge in [-0.25, -0.2) is 4.79 Å². The molecule has 0 aromatic heterocycles. The number of hydrogen-bond donors (Lipinski definition) is 13. The Kier molecular flexibility index (Phi) is 15.2. The molecule has 7 rings (SSSR count). The van der Waals surface area contributed by atoms with Gasteiger partial charge in [-0.05, 0) is 42.0 Å². The van der Waals surface area contributed by atoms with Gasteiger partial charge >= 0.3 is 5.97 Å². The fourth-order valence-electron chi connectivity index (χ4n) is 7.52. The molecule has 0 spiro atoms. The highest BCUT2D eigenvalue weighted by molar-refractivity contribution is 5.87. The zero-order chi connectivity index (χ0) is 47.6. The lowest BCUT2D eigenvalue weighted by atomic mass is 9.97. The van der Waals surface area contributed by atoms with Crippen LogP contribution in [0.25, 0.3) is 12.2 Å². The minimum absolute atomic E-state index is 0.00246. The molecule has 3 aromatic carbocycles. The maximum Gasteiger partial charge on any atom is 0.330 e. The summed E-state index contributed by atoms with van der Waals surface area (Å²) in [5.41, 5.74) is 0.712. The summed E-state index contributed by atoms with van der Waals surface area (Å²) in [4.78, 5) is 12.8. The van der Waals surface area contributed by atoms with E-state index in [0.29, 0.717) is 5.56 Å². The van der Waals surface area contributed by atoms with Crippen molar-refractivity contribution in [2.45, 2.75) is 98.2 Å². The minimum Gasteiger partial charge on any atom is -0.508 e. The Morgan fingerprint density at radius 3 is 1.92 bits per heavy atom. The lowest BCUT2D eigenvalue weighted by molar-refractivity contribution is -0.364. The van der Waals surface area contributed by atoms with Crippen molar-refractivity contribution in [1.82, 2.24) is 0 Å². The number of esters is 1. The summed E-state index contributed by atoms with van der Waals surface area (Å²) in [5, 5.41) is 137. The van der Waals surface area contributed by atoms with Gasteiger partial charge < -0.3 is 109 Å². The molecule has 3 aromatic rings. The molecule has 0 radical (unpaired) electrons. The summed E-state index contributed by atoms with van der Waals surface area (Å²) in [5.74, 6) is -2.28. The Morgan fingerprint density at radius 1 is 0.652 bits per heavy atom. The number of fused-ring (bicyclic) bond motifs is 1. The monoisotopic (exact) mass is 934 g/mol. The third-order valence-corrected chi connectivity index (χ3v) is 11.2. The van der Waals surface area contributed by atoms with E-state index in [1.807, 2.05) is 0 Å². The van der Waals surface area contributed by atoms with Crippen LogP contribution in [0.15, 0.2) is 66.4 Å². The largest absolute Gasteiger partial charge is 0.508 e. The van der Waals surface area contributed by atoms with E-state index in [2.05, 4.69) is 0 Å². The molecule has 16 atom stereocenters. The Balaban J connectivity index is 1.26. The minimum atomic E-state index is -2.04. The molecule has 0 aliphatic carbocycles. The molecular weight excluding hydrogens is 884 g/mol. The highest BCUT2D eigenvalue weighted by Crippen LogP contribution is 2.47. The van der Waals surface area contributed by atoms with Crippen molar-refractivity contribution < 1.29 is 114 Å². The number of phenols is 3. The molecule has 360 valence electrons. The predicted octanol–water partition coefficient (Wildman–Crippen LogP) is -2.63. The van der Waals surface area contributed by atoms with Crippen LogP contribution in [0.5, 0.6) is 34.5 Å². The second-order valence-corrected chi connectivity index (χ2v) is 15.6. The molecule has 3 fully saturated rings. The molecule has 13 N–H and O–H groups in total. The molecular formula is C43H50O23. The normalized spacial score (nSPS) is 34.4. The molecule has 4 aliphatic heterocycles. The van der Waals surface area contributed by atoms with Crippen molar-refractivity contribution >= 4 is 18.1 Å². The zero-order valence-corrected chi connectivity index (χ0v) is 34.7. The SMILES string of the molecule is COc1cc(C2Oc3cc(O)cc(OC4OC(CO)C(O)C(O)C4O)c3C=C2OC2OC(COC(=O)C=Cc3ccc(O)cc3)C(O)C(O)C2OC2OC(CO)C(O)C(O)C2O)ccc1O. The Labute approximate surface area is 374 Å². The molecule has 0 bridgehead atoms. The molecule has 66 heavy (non-hydrogen) atoms. The third-order valence-electron chi connectivity index (χ3n) is 11.2. The number of phenolic OH excluding ortho intramolecular Hbond substituents is 3. The number of benzene rings is 3. The van der Waals surface area contributed by atoms with Gasteiger partial charge in [0.2, 0.25) is 12.6 Å². The number of rotatable bonds is 14. The van der Waals surface area contributed by atoms with E-state index in [-0.39, 0.29) is 45.6 Å². The molecule has 0 saturated carbocycles. The van der Waals surface area contributed by atoms with Crippen LogP contribution in [0.1, 0.15) is 22.8 Å². The standard InChI is InChI=1S/C43H50O23/c1-58-25-10-18(5-8-22(25)48)39-26(13-21-23(60-39)11-20(47)12-24(21)61-41-37(56)34(53)31(50)27(14-44)63-41)62-43-40(66-42-38(57)35(54)32(51)28(15-45)64-42)36(55)33(52)29(65-43)16-59-30(49)9-4-17-2-6-19(46)7-3-17/h2-13,27-29,31-48,50-57H,14-16H2,1H3. The summed E-state index contributed by atoms with van der Waals surface area (Å²) in [6, 6.07) is 12.1. The second kappa shape index (κ2) is 20.7. The van der Waals surface area contributed by atoms with Crippen molar-refractivity contribution in [2.75, 3.05) is 26.9 Å². The number of aromatic hydroxyl groups is 3. The molecule has 0 amide bonds. The van der Waals surface area contributed by atoms with Gasteiger partial charge in [0, 0.05) is 23.8 Å². The van der Waals surface area contributed by atoms with E-state index in [1.54, 1.807) is 0 Å². The van der Waals surface area contributed by atoms with Gasteiger partial charge in [-0.2, -0.15) is 0 Å². The number of carbonyl (C=O) groups is 1. The van der Waals surface area contributed by atoms with Gasteiger partial charge in [-0.3, -0.25) is 0 Å². The first-order valence-corrected chi connectivity index (χ1v) is 20.4. The summed E-state index contributed by atoms with van der Waals surface area (Å²) < 4.78 is 52.4. The van der Waals surface area contributed by atoms with Crippen molar-refractivity contribution in [3.8, 4) is 34.5 Å². The third kappa shape index (κ3) is 10.3. The maximum atomic E-state index is 12.8. The first-order valence-electron chi connectivity index (χ1n) is 20.4. The van der Waals surface area contributed by atoms with Crippen molar-refractivity contribution in [1.29, 1.82) is 0 Å². The van der Waals surface area contributed by atoms with Crippen molar-refractivity contribution in [2.24, 2.45) is 0 Å². The van der Waals surface area contributed by atoms with E-state index in [0.717, 1.165) is 12.1 Å². The molecule has 4 aliphatic rings. The van der Waals surface area contributed by atoms with Gasteiger partial charge in [0.15, 0.2) is 30.0 Å². The van der Waals surface area contributed by atoms with E-state index in [4.69, 9.17) is 42.6 Å². The van der Waals surface area contributed by atoms with Crippen LogP contribution in [-0.2, 0) is 33.2 Å². The van der Waals surface area contributed by atoms with Crippen molar-refractivity contribution in [3.05, 3.63) is 83.1 Å². The summed E-state index contributed by atoms with van der Waals surface area (Å²) in [7, 11) is 1.28. The number of aliphatic hydroxyl groups is 10. The fraction of sp³-hybridized carbons (Fsp3) is 0.465. The van der Waals surface area contributed by atoms with E-state index >= 15 is 0 Å². The summed E-state index contributed by atoms with van der Waals surface area (Å²) >= 11 is 0. The van der Waals surface area contributed by atoms with Gasteiger partial charge in [0.1, 0.15) is 103 Å². The van der Waals surface area contributed by atoms with Crippen LogP contribution in [0.2, 0.25) is 0 Å². The highest BCUT2D eigenvalue weighted by atomic mass is 16.8. The Bertz CT molecular complexity index is 2200. The highest BCUT2D eigenvalue weighted by Gasteiger charge is 2.53. The lowest BCUT2D eigenvalue weighted by Gasteiger charge is -2.46. The molecule has 3 saturated heterocycles. The van der Waals surface area contributed by atoms with E-state index < -0.39 is 130 Å². The smallest absolute Gasteiger partial charge is 0.330 e. The second-order valence-electron chi connectivity index (χ2n) is 15.6. The van der Waals surface area contributed by atoms with Gasteiger partial charge in [-0.15, -0.1) is 0 Å². The number of methoxy groups -OCH3 is 1. The van der Waals surface area contributed by atoms with Crippen LogP contribution < -0.4 is 14.2 Å². The van der Waals surface area contributed by atoms with Gasteiger partial charge in [0.25, 0.3) is 0 Å². The number of carbonyl (C=O) groups excluding carboxylic acids is 1. The first kappa shape index (κ1) is 48.6. The van der Waals surface area contributed by atoms with Crippen LogP contribution in [-0.4, -0.2) is 191 Å². The number of aliphatic hydroxyl groups excluding tert-OH is 10. The lowest BCUT2D eigenvalue weighted by Crippen LogP contribution is -2.64. The first-order chi connectivity index (χ1) is 31.5. The average Bonchev–Trinajstić information content (AvgIpc) is 3.30. The molecule has 23 heteroatoms. The van der Waals surface area contributed by atoms with Crippen molar-refractivity contribution in [3.63, 3.8) is 0 Å². The van der Waals surface area contributed by atoms with Crippen LogP contribution in [0, 0.1) is 0 Å². The van der Waals surface area contributed by atoms with E-state index in [9.17, 15) is 71.2 Å². The van der Waals surface area contributed by atoms with E-state index in [1.165, 1.54) is 67.8 Å². The quantitative estimate of drug-likeness (QED) is 0.0581. The summed E-state index contributed by atoms with van der Waals surface area (Å²) in [6.45, 7) is -2.35. The summed E-state index contributed by atoms with van der Waals surface area (Å²) in [6.07, 6.45) is -24.8. The molecule has 4 heterocycles. The molecule has 23 nitrogen and oxygen atoms in total.